The smallest absolute Gasteiger partial charge is 0.269 e. The number of non-ortho nitro benzene ring substituents is 1. The van der Waals surface area contributed by atoms with E-state index >= 15 is 0 Å². The van der Waals surface area contributed by atoms with Crippen molar-refractivity contribution >= 4 is 35.3 Å². The monoisotopic (exact) mass is 361 g/mol. The molecule has 1 atom stereocenters. The van der Waals surface area contributed by atoms with Crippen molar-refractivity contribution in [2.24, 2.45) is 0 Å². The second-order valence-corrected chi connectivity index (χ2v) is 7.04. The third-order valence-corrected chi connectivity index (χ3v) is 5.40. The first-order chi connectivity index (χ1) is 12.1. The summed E-state index contributed by atoms with van der Waals surface area (Å²) in [6.07, 6.45) is 5.10. The molecular weight excluding hydrogens is 342 g/mol. The highest BCUT2D eigenvalue weighted by Crippen LogP contribution is 2.24. The van der Waals surface area contributed by atoms with E-state index in [0.717, 1.165) is 25.9 Å². The molecule has 1 aromatic carbocycles. The van der Waals surface area contributed by atoms with Crippen molar-refractivity contribution in [2.45, 2.75) is 18.9 Å². The maximum Gasteiger partial charge on any atom is 0.269 e. The van der Waals surface area contributed by atoms with Gasteiger partial charge in [-0.05, 0) is 36.6 Å². The summed E-state index contributed by atoms with van der Waals surface area (Å²) in [6, 6.07) is 5.59. The predicted molar refractivity (Wildman–Crippen MR) is 95.9 cm³/mol. The van der Waals surface area contributed by atoms with Crippen molar-refractivity contribution in [1.82, 2.24) is 9.80 Å². The van der Waals surface area contributed by atoms with E-state index in [1.54, 1.807) is 34.9 Å². The SMILES string of the molecule is O=C(C1CSCN1C(=O)C=Cc1ccc([N+](=O)[O-])cc1)N1CCCC1. The van der Waals surface area contributed by atoms with Crippen LogP contribution in [0.4, 0.5) is 5.69 Å². The summed E-state index contributed by atoms with van der Waals surface area (Å²) in [7, 11) is 0. The van der Waals surface area contributed by atoms with Gasteiger partial charge in [0.15, 0.2) is 0 Å². The summed E-state index contributed by atoms with van der Waals surface area (Å²) >= 11 is 1.58. The molecule has 132 valence electrons. The van der Waals surface area contributed by atoms with Crippen molar-refractivity contribution in [3.63, 3.8) is 0 Å². The number of hydrogen-bond donors (Lipinski definition) is 0. The van der Waals surface area contributed by atoms with Crippen LogP contribution in [0.1, 0.15) is 18.4 Å². The first-order valence-electron chi connectivity index (χ1n) is 8.16. The number of nitro groups is 1. The van der Waals surface area contributed by atoms with Crippen molar-refractivity contribution in [3.8, 4) is 0 Å². The molecule has 1 aromatic rings. The molecule has 0 aliphatic carbocycles. The van der Waals surface area contributed by atoms with Gasteiger partial charge in [-0.15, -0.1) is 11.8 Å². The van der Waals surface area contributed by atoms with Crippen LogP contribution in [0.25, 0.3) is 6.08 Å². The Morgan fingerprint density at radius 1 is 1.20 bits per heavy atom. The third-order valence-electron chi connectivity index (χ3n) is 4.39. The van der Waals surface area contributed by atoms with E-state index in [9.17, 15) is 19.7 Å². The number of thioether (sulfide) groups is 1. The van der Waals surface area contributed by atoms with Gasteiger partial charge in [-0.3, -0.25) is 19.7 Å². The van der Waals surface area contributed by atoms with Crippen LogP contribution in [0.5, 0.6) is 0 Å². The van der Waals surface area contributed by atoms with E-state index in [-0.39, 0.29) is 17.5 Å². The molecule has 2 aliphatic rings. The molecule has 1 unspecified atom stereocenters. The summed E-state index contributed by atoms with van der Waals surface area (Å²) in [5.41, 5.74) is 0.712. The van der Waals surface area contributed by atoms with Crippen LogP contribution in [0, 0.1) is 10.1 Å². The van der Waals surface area contributed by atoms with E-state index in [2.05, 4.69) is 0 Å². The minimum Gasteiger partial charge on any atom is -0.341 e. The standard InChI is InChI=1S/C17H19N3O4S/c21-16(8-5-13-3-6-14(7-4-13)20(23)24)19-12-25-11-15(19)17(22)18-9-1-2-10-18/h3-8,15H,1-2,9-12H2. The van der Waals surface area contributed by atoms with E-state index in [1.807, 2.05) is 4.90 Å². The Labute approximate surface area is 149 Å². The zero-order valence-electron chi connectivity index (χ0n) is 13.7. The van der Waals surface area contributed by atoms with Crippen LogP contribution in [0.2, 0.25) is 0 Å². The lowest BCUT2D eigenvalue weighted by atomic mass is 10.2. The molecule has 2 saturated heterocycles. The highest BCUT2D eigenvalue weighted by Gasteiger charge is 2.36. The van der Waals surface area contributed by atoms with Gasteiger partial charge in [0, 0.05) is 37.1 Å². The Morgan fingerprint density at radius 3 is 2.52 bits per heavy atom. The number of benzene rings is 1. The first-order valence-corrected chi connectivity index (χ1v) is 9.31. The van der Waals surface area contributed by atoms with Crippen LogP contribution in [0.3, 0.4) is 0 Å². The van der Waals surface area contributed by atoms with Crippen molar-refractivity contribution in [3.05, 3.63) is 46.0 Å². The Kier molecular flexibility index (Phi) is 5.37. The van der Waals surface area contributed by atoms with Gasteiger partial charge in [-0.1, -0.05) is 0 Å². The minimum absolute atomic E-state index is 0.00990. The number of amides is 2. The van der Waals surface area contributed by atoms with Gasteiger partial charge in [-0.2, -0.15) is 0 Å². The Hall–Kier alpha value is -2.35. The van der Waals surface area contributed by atoms with Crippen molar-refractivity contribution in [2.75, 3.05) is 24.7 Å². The average molecular weight is 361 g/mol. The van der Waals surface area contributed by atoms with Gasteiger partial charge >= 0.3 is 0 Å². The molecule has 3 rings (SSSR count). The molecule has 2 fully saturated rings. The molecule has 0 N–H and O–H groups in total. The quantitative estimate of drug-likeness (QED) is 0.466. The van der Waals surface area contributed by atoms with Crippen LogP contribution >= 0.6 is 11.8 Å². The lowest BCUT2D eigenvalue weighted by Gasteiger charge is -2.26. The average Bonchev–Trinajstić information content (AvgIpc) is 3.30. The van der Waals surface area contributed by atoms with Gasteiger partial charge in [0.05, 0.1) is 10.8 Å². The third kappa shape index (κ3) is 4.01. The molecule has 2 heterocycles. The Bertz CT molecular complexity index is 698. The largest absolute Gasteiger partial charge is 0.341 e. The number of nitro benzene ring substituents is 1. The fourth-order valence-corrected chi connectivity index (χ4v) is 4.14. The molecule has 0 aromatic heterocycles. The highest BCUT2D eigenvalue weighted by atomic mass is 32.2. The summed E-state index contributed by atoms with van der Waals surface area (Å²) in [6.45, 7) is 1.56. The lowest BCUT2D eigenvalue weighted by molar-refractivity contribution is -0.384. The van der Waals surface area contributed by atoms with Crippen LogP contribution in [-0.4, -0.2) is 57.3 Å². The number of carbonyl (C=O) groups is 2. The van der Waals surface area contributed by atoms with E-state index in [1.165, 1.54) is 18.2 Å². The van der Waals surface area contributed by atoms with E-state index in [0.29, 0.717) is 17.2 Å². The predicted octanol–water partition coefficient (Wildman–Crippen LogP) is 2.13. The van der Waals surface area contributed by atoms with Gasteiger partial charge < -0.3 is 9.80 Å². The molecular formula is C17H19N3O4S. The maximum atomic E-state index is 12.6. The fraction of sp³-hybridized carbons (Fsp3) is 0.412. The topological polar surface area (TPSA) is 83.8 Å². The summed E-state index contributed by atoms with van der Waals surface area (Å²) in [5, 5.41) is 10.6. The summed E-state index contributed by atoms with van der Waals surface area (Å²) < 4.78 is 0. The second kappa shape index (κ2) is 7.69. The zero-order valence-corrected chi connectivity index (χ0v) is 14.5. The molecule has 0 saturated carbocycles. The highest BCUT2D eigenvalue weighted by molar-refractivity contribution is 7.99. The molecule has 25 heavy (non-hydrogen) atoms. The van der Waals surface area contributed by atoms with E-state index in [4.69, 9.17) is 0 Å². The Balaban J connectivity index is 1.64. The Morgan fingerprint density at radius 2 is 1.88 bits per heavy atom. The molecule has 0 radical (unpaired) electrons. The number of rotatable bonds is 4. The van der Waals surface area contributed by atoms with Gasteiger partial charge in [0.25, 0.3) is 5.69 Å². The van der Waals surface area contributed by atoms with E-state index < -0.39 is 11.0 Å². The molecule has 2 aliphatic heterocycles. The van der Waals surface area contributed by atoms with Crippen LogP contribution < -0.4 is 0 Å². The second-order valence-electron chi connectivity index (χ2n) is 6.04. The van der Waals surface area contributed by atoms with Crippen molar-refractivity contribution in [1.29, 1.82) is 0 Å². The molecule has 7 nitrogen and oxygen atoms in total. The normalized spacial score (nSPS) is 20.4. The van der Waals surface area contributed by atoms with Gasteiger partial charge in [0.1, 0.15) is 6.04 Å². The molecule has 2 amide bonds. The summed E-state index contributed by atoms with van der Waals surface area (Å²) in [4.78, 5) is 38.7. The fourth-order valence-electron chi connectivity index (χ4n) is 2.98. The van der Waals surface area contributed by atoms with Gasteiger partial charge in [0.2, 0.25) is 11.8 Å². The number of hydrogen-bond acceptors (Lipinski definition) is 5. The van der Waals surface area contributed by atoms with Gasteiger partial charge in [-0.25, -0.2) is 0 Å². The molecule has 8 heteroatoms. The number of nitrogens with zero attached hydrogens (tertiary/aromatic N) is 3. The number of likely N-dealkylation sites (tertiary alicyclic amines) is 1. The summed E-state index contributed by atoms with van der Waals surface area (Å²) in [5.74, 6) is 0.973. The maximum absolute atomic E-state index is 12.6. The molecule has 0 bridgehead atoms. The minimum atomic E-state index is -0.464. The first kappa shape index (κ1) is 17.5. The lowest BCUT2D eigenvalue weighted by Crippen LogP contribution is -2.47. The van der Waals surface area contributed by atoms with Crippen LogP contribution in [0.15, 0.2) is 30.3 Å². The number of carbonyl (C=O) groups excluding carboxylic acids is 2. The molecule has 0 spiro atoms. The van der Waals surface area contributed by atoms with Crippen molar-refractivity contribution < 1.29 is 14.5 Å². The zero-order chi connectivity index (χ0) is 17.8. The van der Waals surface area contributed by atoms with Crippen LogP contribution in [-0.2, 0) is 9.59 Å².